The molecule has 0 spiro atoms. The summed E-state index contributed by atoms with van der Waals surface area (Å²) >= 11 is 1.23. The van der Waals surface area contributed by atoms with Gasteiger partial charge in [-0.2, -0.15) is 0 Å². The molecule has 2 heterocycles. The minimum absolute atomic E-state index is 0.0140. The van der Waals surface area contributed by atoms with E-state index in [9.17, 15) is 9.59 Å². The number of ether oxygens (including phenoxy) is 1. The number of thiophene rings is 1. The number of nitrogens with zero attached hydrogens (tertiary/aromatic N) is 1. The number of amides is 1. The topological polar surface area (TPSA) is 58.6 Å². The predicted octanol–water partition coefficient (Wildman–Crippen LogP) is 2.71. The van der Waals surface area contributed by atoms with Crippen LogP contribution in [0.15, 0.2) is 36.4 Å². The van der Waals surface area contributed by atoms with Gasteiger partial charge in [-0.1, -0.05) is 24.3 Å². The molecule has 1 amide bonds. The molecule has 1 aliphatic rings. The summed E-state index contributed by atoms with van der Waals surface area (Å²) in [6.07, 6.45) is 0. The minimum Gasteiger partial charge on any atom is -0.379 e. The Morgan fingerprint density at radius 2 is 1.68 bits per heavy atom. The first-order chi connectivity index (χ1) is 12.1. The zero-order chi connectivity index (χ0) is 17.6. The van der Waals surface area contributed by atoms with Crippen LogP contribution in [0.3, 0.4) is 0 Å². The molecule has 1 aromatic heterocycles. The van der Waals surface area contributed by atoms with Crippen LogP contribution in [-0.4, -0.2) is 42.9 Å². The molecule has 1 aromatic carbocycles. The lowest BCUT2D eigenvalue weighted by Gasteiger charge is -2.26. The molecule has 1 fully saturated rings. The van der Waals surface area contributed by atoms with Gasteiger partial charge in [0.15, 0.2) is 5.78 Å². The van der Waals surface area contributed by atoms with Gasteiger partial charge < -0.3 is 10.1 Å². The average Bonchev–Trinajstić information content (AvgIpc) is 3.12. The predicted molar refractivity (Wildman–Crippen MR) is 98.0 cm³/mol. The van der Waals surface area contributed by atoms with Crippen molar-refractivity contribution in [3.8, 4) is 0 Å². The smallest absolute Gasteiger partial charge is 0.261 e. The fourth-order valence-corrected chi connectivity index (χ4v) is 3.52. The highest BCUT2D eigenvalue weighted by molar-refractivity contribution is 7.15. The zero-order valence-corrected chi connectivity index (χ0v) is 15.1. The summed E-state index contributed by atoms with van der Waals surface area (Å²) in [5.74, 6) is -0.158. The molecular weight excluding hydrogens is 336 g/mol. The van der Waals surface area contributed by atoms with Crippen molar-refractivity contribution >= 4 is 23.0 Å². The molecule has 2 aromatic rings. The Bertz CT molecular complexity index is 733. The number of carbonyl (C=O) groups is 2. The molecule has 0 aliphatic carbocycles. The van der Waals surface area contributed by atoms with Crippen molar-refractivity contribution in [1.82, 2.24) is 10.2 Å². The molecule has 0 atom stereocenters. The van der Waals surface area contributed by atoms with Gasteiger partial charge in [-0.15, -0.1) is 11.3 Å². The first-order valence-electron chi connectivity index (χ1n) is 8.39. The lowest BCUT2D eigenvalue weighted by Crippen LogP contribution is -2.35. The summed E-state index contributed by atoms with van der Waals surface area (Å²) in [4.78, 5) is 27.0. The SMILES string of the molecule is CC(=O)c1ccc(C(=O)NCc2ccc(CN3CCOCC3)cc2)s1. The van der Waals surface area contributed by atoms with Crippen LogP contribution in [-0.2, 0) is 17.8 Å². The van der Waals surface area contributed by atoms with E-state index in [0.29, 0.717) is 16.3 Å². The third-order valence-corrected chi connectivity index (χ3v) is 5.35. The number of benzene rings is 1. The molecule has 0 unspecified atom stereocenters. The van der Waals surface area contributed by atoms with E-state index in [-0.39, 0.29) is 11.7 Å². The van der Waals surface area contributed by atoms with E-state index in [2.05, 4.69) is 22.3 Å². The lowest BCUT2D eigenvalue weighted by atomic mass is 10.1. The summed E-state index contributed by atoms with van der Waals surface area (Å²) < 4.78 is 5.36. The second kappa shape index (κ2) is 8.38. The van der Waals surface area contributed by atoms with E-state index < -0.39 is 0 Å². The molecule has 6 heteroatoms. The Labute approximate surface area is 151 Å². The average molecular weight is 358 g/mol. The normalized spacial score (nSPS) is 15.1. The molecule has 1 N–H and O–H groups in total. The van der Waals surface area contributed by atoms with Gasteiger partial charge in [0.25, 0.3) is 5.91 Å². The van der Waals surface area contributed by atoms with Crippen LogP contribution in [0.1, 0.15) is 37.4 Å². The highest BCUT2D eigenvalue weighted by Gasteiger charge is 2.12. The molecule has 5 nitrogen and oxygen atoms in total. The maximum atomic E-state index is 12.2. The summed E-state index contributed by atoms with van der Waals surface area (Å²) in [5.41, 5.74) is 2.32. The van der Waals surface area contributed by atoms with Gasteiger partial charge in [0.1, 0.15) is 0 Å². The molecule has 1 aliphatic heterocycles. The van der Waals surface area contributed by atoms with Crippen LogP contribution >= 0.6 is 11.3 Å². The van der Waals surface area contributed by atoms with Gasteiger partial charge in [-0.25, -0.2) is 0 Å². The van der Waals surface area contributed by atoms with Gasteiger partial charge >= 0.3 is 0 Å². The first-order valence-corrected chi connectivity index (χ1v) is 9.20. The first kappa shape index (κ1) is 17.8. The van der Waals surface area contributed by atoms with Crippen molar-refractivity contribution in [1.29, 1.82) is 0 Å². The second-order valence-corrected chi connectivity index (χ2v) is 7.19. The highest BCUT2D eigenvalue weighted by Crippen LogP contribution is 2.17. The third kappa shape index (κ3) is 4.98. The van der Waals surface area contributed by atoms with E-state index in [0.717, 1.165) is 38.4 Å². The molecule has 0 radical (unpaired) electrons. The van der Waals surface area contributed by atoms with Gasteiger partial charge in [0.05, 0.1) is 23.0 Å². The molecule has 1 saturated heterocycles. The van der Waals surface area contributed by atoms with Crippen molar-refractivity contribution in [3.05, 3.63) is 57.3 Å². The number of hydrogen-bond donors (Lipinski definition) is 1. The summed E-state index contributed by atoms with van der Waals surface area (Å²) in [6.45, 7) is 6.47. The van der Waals surface area contributed by atoms with Gasteiger partial charge in [-0.05, 0) is 30.2 Å². The third-order valence-electron chi connectivity index (χ3n) is 4.16. The van der Waals surface area contributed by atoms with Gasteiger partial charge in [0.2, 0.25) is 0 Å². The van der Waals surface area contributed by atoms with E-state index >= 15 is 0 Å². The van der Waals surface area contributed by atoms with Crippen LogP contribution in [0.25, 0.3) is 0 Å². The molecule has 25 heavy (non-hydrogen) atoms. The zero-order valence-electron chi connectivity index (χ0n) is 14.3. The number of hydrogen-bond acceptors (Lipinski definition) is 5. The monoisotopic (exact) mass is 358 g/mol. The number of morpholine rings is 1. The van der Waals surface area contributed by atoms with Crippen LogP contribution in [0, 0.1) is 0 Å². The Balaban J connectivity index is 1.50. The summed E-state index contributed by atoms with van der Waals surface area (Å²) in [5, 5.41) is 2.90. The Hall–Kier alpha value is -2.02. The van der Waals surface area contributed by atoms with E-state index in [1.165, 1.54) is 23.8 Å². The number of nitrogens with one attached hydrogen (secondary N) is 1. The Kier molecular flexibility index (Phi) is 5.96. The maximum absolute atomic E-state index is 12.2. The molecule has 132 valence electrons. The molecule has 0 saturated carbocycles. The molecule has 3 rings (SSSR count). The number of carbonyl (C=O) groups excluding carboxylic acids is 2. The summed E-state index contributed by atoms with van der Waals surface area (Å²) in [6, 6.07) is 11.7. The van der Waals surface area contributed by atoms with Crippen LogP contribution in [0.5, 0.6) is 0 Å². The quantitative estimate of drug-likeness (QED) is 0.807. The highest BCUT2D eigenvalue weighted by atomic mass is 32.1. The lowest BCUT2D eigenvalue weighted by molar-refractivity contribution is 0.0342. The number of rotatable bonds is 6. The molecule has 0 bridgehead atoms. The standard InChI is InChI=1S/C19H22N2O3S/c1-14(22)17-6-7-18(25-17)19(23)20-12-15-2-4-16(5-3-15)13-21-8-10-24-11-9-21/h2-7H,8-13H2,1H3,(H,20,23). The number of ketones is 1. The van der Waals surface area contributed by atoms with Crippen molar-refractivity contribution in [3.63, 3.8) is 0 Å². The van der Waals surface area contributed by atoms with E-state index in [4.69, 9.17) is 4.74 Å². The fraction of sp³-hybridized carbons (Fsp3) is 0.368. The second-order valence-electron chi connectivity index (χ2n) is 6.11. The van der Waals surface area contributed by atoms with Crippen molar-refractivity contribution in [2.45, 2.75) is 20.0 Å². The molecular formula is C19H22N2O3S. The van der Waals surface area contributed by atoms with Crippen LogP contribution < -0.4 is 5.32 Å². The van der Waals surface area contributed by atoms with Crippen LogP contribution in [0.2, 0.25) is 0 Å². The largest absolute Gasteiger partial charge is 0.379 e. The van der Waals surface area contributed by atoms with Crippen molar-refractivity contribution < 1.29 is 14.3 Å². The summed E-state index contributed by atoms with van der Waals surface area (Å²) in [7, 11) is 0. The number of Topliss-reactive ketones (excluding diaryl/α,β-unsaturated/α-hetero) is 1. The van der Waals surface area contributed by atoms with Crippen molar-refractivity contribution in [2.75, 3.05) is 26.3 Å². The van der Waals surface area contributed by atoms with Crippen LogP contribution in [0.4, 0.5) is 0 Å². The van der Waals surface area contributed by atoms with Crippen molar-refractivity contribution in [2.24, 2.45) is 0 Å². The minimum atomic E-state index is -0.144. The Morgan fingerprint density at radius 3 is 2.32 bits per heavy atom. The van der Waals surface area contributed by atoms with Gasteiger partial charge in [-0.3, -0.25) is 14.5 Å². The van der Waals surface area contributed by atoms with E-state index in [1.807, 2.05) is 12.1 Å². The fourth-order valence-electron chi connectivity index (χ4n) is 2.70. The van der Waals surface area contributed by atoms with E-state index in [1.54, 1.807) is 12.1 Å². The maximum Gasteiger partial charge on any atom is 0.261 e. The Morgan fingerprint density at radius 1 is 1.04 bits per heavy atom. The van der Waals surface area contributed by atoms with Gasteiger partial charge in [0, 0.05) is 26.2 Å².